The highest BCUT2D eigenvalue weighted by Crippen LogP contribution is 2.28. The molecule has 7 nitrogen and oxygen atoms in total. The first-order chi connectivity index (χ1) is 13.1. The third kappa shape index (κ3) is 5.37. The van der Waals surface area contributed by atoms with Crippen LogP contribution in [0.4, 0.5) is 24.5 Å². The Labute approximate surface area is 161 Å². The van der Waals surface area contributed by atoms with Crippen LogP contribution in [0.15, 0.2) is 41.3 Å². The Morgan fingerprint density at radius 3 is 2.61 bits per heavy atom. The number of amides is 1. The maximum Gasteiger partial charge on any atom is 0.422 e. The number of benzene rings is 2. The molecule has 0 unspecified atom stereocenters. The number of nitrogens with zero attached hydrogens (tertiary/aromatic N) is 2. The van der Waals surface area contributed by atoms with Gasteiger partial charge in [0.1, 0.15) is 17.4 Å². The fraction of sp³-hybridized carbons (Fsp3) is 0.176. The second-order valence-corrected chi connectivity index (χ2v) is 6.20. The van der Waals surface area contributed by atoms with E-state index in [1.54, 1.807) is 12.3 Å². The number of nitro groups is 1. The zero-order valence-electron chi connectivity index (χ0n) is 14.2. The van der Waals surface area contributed by atoms with E-state index in [0.29, 0.717) is 4.90 Å². The molecule has 0 fully saturated rings. The van der Waals surface area contributed by atoms with E-state index >= 15 is 0 Å². The lowest BCUT2D eigenvalue weighted by molar-refractivity contribution is -0.385. The summed E-state index contributed by atoms with van der Waals surface area (Å²) < 4.78 is 41.3. The van der Waals surface area contributed by atoms with Crippen LogP contribution in [0.3, 0.4) is 0 Å². The summed E-state index contributed by atoms with van der Waals surface area (Å²) in [4.78, 5) is 23.5. The van der Waals surface area contributed by atoms with Crippen molar-refractivity contribution in [1.82, 2.24) is 0 Å². The largest absolute Gasteiger partial charge is 0.483 e. The van der Waals surface area contributed by atoms with Gasteiger partial charge in [0.25, 0.3) is 11.6 Å². The van der Waals surface area contributed by atoms with E-state index in [-0.39, 0.29) is 22.6 Å². The van der Waals surface area contributed by atoms with E-state index in [2.05, 4.69) is 10.1 Å². The molecule has 0 heterocycles. The Morgan fingerprint density at radius 1 is 1.32 bits per heavy atom. The maximum atomic E-state index is 12.5. The minimum absolute atomic E-state index is 0.0739. The first-order valence-electron chi connectivity index (χ1n) is 7.52. The molecule has 0 aliphatic heterocycles. The minimum Gasteiger partial charge on any atom is -0.483 e. The lowest BCUT2D eigenvalue weighted by Crippen LogP contribution is -2.19. The van der Waals surface area contributed by atoms with Gasteiger partial charge in [0.2, 0.25) is 0 Å². The monoisotopic (exact) mass is 411 g/mol. The van der Waals surface area contributed by atoms with E-state index in [9.17, 15) is 28.1 Å². The van der Waals surface area contributed by atoms with Crippen molar-refractivity contribution in [3.8, 4) is 11.8 Å². The summed E-state index contributed by atoms with van der Waals surface area (Å²) in [5, 5.41) is 22.6. The number of carbonyl (C=O) groups excluding carboxylic acids is 1. The van der Waals surface area contributed by atoms with Crippen molar-refractivity contribution in [3.05, 3.63) is 57.6 Å². The molecule has 2 aromatic rings. The molecule has 2 aromatic carbocycles. The van der Waals surface area contributed by atoms with Gasteiger partial charge in [-0.05, 0) is 36.6 Å². The number of carbonyl (C=O) groups is 1. The van der Waals surface area contributed by atoms with Gasteiger partial charge in [0.15, 0.2) is 6.61 Å². The van der Waals surface area contributed by atoms with Crippen LogP contribution in [0.2, 0.25) is 0 Å². The molecule has 1 amide bonds. The number of rotatable bonds is 6. The highest BCUT2D eigenvalue weighted by atomic mass is 32.2. The van der Waals surface area contributed by atoms with Gasteiger partial charge in [0.05, 0.1) is 10.5 Å². The van der Waals surface area contributed by atoms with Crippen molar-refractivity contribution in [1.29, 1.82) is 5.26 Å². The van der Waals surface area contributed by atoms with Gasteiger partial charge < -0.3 is 10.1 Å². The van der Waals surface area contributed by atoms with Crippen molar-refractivity contribution >= 4 is 29.0 Å². The molecule has 0 atom stereocenters. The van der Waals surface area contributed by atoms with Gasteiger partial charge in [0, 0.05) is 16.6 Å². The molecule has 0 aliphatic rings. The van der Waals surface area contributed by atoms with Crippen LogP contribution in [-0.4, -0.2) is 29.9 Å². The molecule has 2 rings (SSSR count). The average Bonchev–Trinajstić information content (AvgIpc) is 2.65. The lowest BCUT2D eigenvalue weighted by atomic mass is 10.1. The van der Waals surface area contributed by atoms with E-state index in [0.717, 1.165) is 12.1 Å². The third-order valence-corrected chi connectivity index (χ3v) is 4.12. The number of hydrogen-bond donors (Lipinski definition) is 1. The molecule has 0 saturated carbocycles. The van der Waals surface area contributed by atoms with E-state index in [1.807, 2.05) is 0 Å². The summed E-state index contributed by atoms with van der Waals surface area (Å²) in [6.45, 7) is -1.57. The second-order valence-electron chi connectivity index (χ2n) is 5.32. The quantitative estimate of drug-likeness (QED) is 0.430. The topological polar surface area (TPSA) is 105 Å². The van der Waals surface area contributed by atoms with Gasteiger partial charge in [-0.1, -0.05) is 0 Å². The van der Waals surface area contributed by atoms with Gasteiger partial charge in [-0.3, -0.25) is 14.9 Å². The Balaban J connectivity index is 2.27. The number of thioether (sulfide) groups is 1. The number of nitriles is 1. The number of alkyl halides is 3. The fourth-order valence-electron chi connectivity index (χ4n) is 2.16. The minimum atomic E-state index is -4.57. The van der Waals surface area contributed by atoms with Gasteiger partial charge in [-0.2, -0.15) is 18.4 Å². The molecule has 1 N–H and O–H groups in total. The molecule has 0 saturated heterocycles. The van der Waals surface area contributed by atoms with Crippen LogP contribution >= 0.6 is 11.8 Å². The van der Waals surface area contributed by atoms with Crippen molar-refractivity contribution < 1.29 is 27.6 Å². The molecular formula is C17H12F3N3O4S. The van der Waals surface area contributed by atoms with Crippen molar-refractivity contribution in [3.63, 3.8) is 0 Å². The van der Waals surface area contributed by atoms with Gasteiger partial charge >= 0.3 is 6.18 Å². The Hall–Kier alpha value is -3.26. The van der Waals surface area contributed by atoms with Crippen molar-refractivity contribution in [2.75, 3.05) is 18.2 Å². The van der Waals surface area contributed by atoms with Crippen LogP contribution in [0.25, 0.3) is 0 Å². The van der Waals surface area contributed by atoms with Gasteiger partial charge in [-0.15, -0.1) is 11.8 Å². The highest BCUT2D eigenvalue weighted by molar-refractivity contribution is 7.98. The summed E-state index contributed by atoms with van der Waals surface area (Å²) in [6.07, 6.45) is -2.83. The second kappa shape index (κ2) is 8.62. The van der Waals surface area contributed by atoms with Crippen molar-refractivity contribution in [2.45, 2.75) is 11.1 Å². The van der Waals surface area contributed by atoms with Crippen LogP contribution in [0, 0.1) is 21.4 Å². The third-order valence-electron chi connectivity index (χ3n) is 3.39. The Morgan fingerprint density at radius 2 is 2.04 bits per heavy atom. The molecule has 146 valence electrons. The summed E-state index contributed by atoms with van der Waals surface area (Å²) in [6, 6.07) is 9.19. The average molecular weight is 411 g/mol. The molecule has 0 bridgehead atoms. The van der Waals surface area contributed by atoms with Crippen LogP contribution in [0.5, 0.6) is 5.75 Å². The SMILES string of the molecule is CSc1ccc([N+](=O)[O-])c(C(=O)Nc2ccc(OCC(F)(F)F)c(C#N)c2)c1. The molecule has 0 spiro atoms. The molecule has 11 heteroatoms. The van der Waals surface area contributed by atoms with E-state index in [4.69, 9.17) is 5.26 Å². The predicted molar refractivity (Wildman–Crippen MR) is 95.5 cm³/mol. The summed E-state index contributed by atoms with van der Waals surface area (Å²) in [7, 11) is 0. The van der Waals surface area contributed by atoms with Gasteiger partial charge in [-0.25, -0.2) is 0 Å². The lowest BCUT2D eigenvalue weighted by Gasteiger charge is -2.12. The standard InChI is InChI=1S/C17H12F3N3O4S/c1-28-12-3-4-14(23(25)26)13(7-12)16(24)22-11-2-5-15(10(6-11)8-21)27-9-17(18,19)20/h2-7H,9H2,1H3,(H,22,24). The number of anilines is 1. The Kier molecular flexibility index (Phi) is 6.48. The summed E-state index contributed by atoms with van der Waals surface area (Å²) in [5.74, 6) is -1.09. The number of nitrogens with one attached hydrogen (secondary N) is 1. The van der Waals surface area contributed by atoms with Crippen LogP contribution < -0.4 is 10.1 Å². The summed E-state index contributed by atoms with van der Waals surface area (Å²) in [5.41, 5.74) is -0.743. The highest BCUT2D eigenvalue weighted by Gasteiger charge is 2.29. The molecule has 28 heavy (non-hydrogen) atoms. The maximum absolute atomic E-state index is 12.5. The molecule has 0 radical (unpaired) electrons. The van der Waals surface area contributed by atoms with E-state index in [1.165, 1.54) is 36.0 Å². The van der Waals surface area contributed by atoms with Crippen molar-refractivity contribution in [2.24, 2.45) is 0 Å². The van der Waals surface area contributed by atoms with Crippen LogP contribution in [0.1, 0.15) is 15.9 Å². The predicted octanol–water partition coefficient (Wildman–Crippen LogP) is 4.38. The summed E-state index contributed by atoms with van der Waals surface area (Å²) >= 11 is 1.29. The van der Waals surface area contributed by atoms with E-state index < -0.39 is 29.3 Å². The number of hydrogen-bond acceptors (Lipinski definition) is 6. The zero-order chi connectivity index (χ0) is 20.9. The Bertz CT molecular complexity index is 958. The molecule has 0 aromatic heterocycles. The molecular weight excluding hydrogens is 399 g/mol. The number of halogens is 3. The van der Waals surface area contributed by atoms with Crippen LogP contribution in [-0.2, 0) is 0 Å². The fourth-order valence-corrected chi connectivity index (χ4v) is 2.60. The number of ether oxygens (including phenoxy) is 1. The first-order valence-corrected chi connectivity index (χ1v) is 8.74. The zero-order valence-corrected chi connectivity index (χ0v) is 15.1. The molecule has 0 aliphatic carbocycles. The normalized spacial score (nSPS) is 10.8. The first kappa shape index (κ1) is 21.0. The smallest absolute Gasteiger partial charge is 0.422 e. The number of nitro benzene ring substituents is 1.